The quantitative estimate of drug-likeness (QED) is 0.332. The molecule has 0 aliphatic carbocycles. The molecule has 5 heteroatoms. The van der Waals surface area contributed by atoms with Crippen LogP contribution in [0.15, 0.2) is 5.16 Å². The Balaban J connectivity index is 2.75. The van der Waals surface area contributed by atoms with Gasteiger partial charge >= 0.3 is 0 Å². The highest BCUT2D eigenvalue weighted by Crippen LogP contribution is 2.23. The van der Waals surface area contributed by atoms with Gasteiger partial charge in [0, 0.05) is 13.1 Å². The van der Waals surface area contributed by atoms with Gasteiger partial charge in [-0.15, -0.1) is 0 Å². The molecular formula is C12H23N3O2. The molecule has 3 N–H and O–H groups in total. The molecule has 0 bridgehead atoms. The molecule has 0 saturated carbocycles. The first kappa shape index (κ1) is 13.8. The van der Waals surface area contributed by atoms with Crippen LogP contribution in [0, 0.1) is 11.3 Å². The molecule has 1 atom stereocenters. The molecule has 1 aliphatic rings. The number of rotatable bonds is 2. The van der Waals surface area contributed by atoms with E-state index >= 15 is 0 Å². The van der Waals surface area contributed by atoms with Crippen molar-refractivity contribution in [2.24, 2.45) is 22.2 Å². The summed E-state index contributed by atoms with van der Waals surface area (Å²) in [5.74, 6) is 0.585. The van der Waals surface area contributed by atoms with Gasteiger partial charge in [0.05, 0.1) is 0 Å². The summed E-state index contributed by atoms with van der Waals surface area (Å²) in [7, 11) is 0. The molecule has 1 saturated heterocycles. The molecule has 0 aromatic heterocycles. The summed E-state index contributed by atoms with van der Waals surface area (Å²) in [5.41, 5.74) is 4.65. The average Bonchev–Trinajstić information content (AvgIpc) is 2.51. The molecule has 0 aromatic carbocycles. The zero-order chi connectivity index (χ0) is 13.1. The van der Waals surface area contributed by atoms with Crippen LogP contribution in [0.2, 0.25) is 0 Å². The molecular weight excluding hydrogens is 218 g/mol. The van der Waals surface area contributed by atoms with Gasteiger partial charge in [0.15, 0.2) is 5.84 Å². The molecule has 1 fully saturated rings. The van der Waals surface area contributed by atoms with Crippen LogP contribution < -0.4 is 5.73 Å². The largest absolute Gasteiger partial charge is 0.409 e. The van der Waals surface area contributed by atoms with E-state index in [9.17, 15) is 4.79 Å². The summed E-state index contributed by atoms with van der Waals surface area (Å²) in [4.78, 5) is 14.2. The molecule has 1 unspecified atom stereocenters. The van der Waals surface area contributed by atoms with Crippen LogP contribution in [0.4, 0.5) is 0 Å². The van der Waals surface area contributed by atoms with Gasteiger partial charge < -0.3 is 15.8 Å². The monoisotopic (exact) mass is 241 g/mol. The van der Waals surface area contributed by atoms with Crippen molar-refractivity contribution in [1.82, 2.24) is 4.90 Å². The predicted molar refractivity (Wildman–Crippen MR) is 66.8 cm³/mol. The van der Waals surface area contributed by atoms with Gasteiger partial charge in [-0.2, -0.15) is 0 Å². The van der Waals surface area contributed by atoms with Crippen LogP contribution in [0.5, 0.6) is 0 Å². The van der Waals surface area contributed by atoms with Crippen LogP contribution in [-0.2, 0) is 4.79 Å². The van der Waals surface area contributed by atoms with Crippen molar-refractivity contribution in [1.29, 1.82) is 0 Å². The highest BCUT2D eigenvalue weighted by molar-refractivity contribution is 6.05. The number of carbonyl (C=O) groups is 1. The van der Waals surface area contributed by atoms with Crippen LogP contribution in [0.25, 0.3) is 0 Å². The number of oxime groups is 1. The molecule has 98 valence electrons. The second-order valence-corrected chi connectivity index (χ2v) is 5.44. The maximum absolute atomic E-state index is 12.3. The second-order valence-electron chi connectivity index (χ2n) is 5.44. The summed E-state index contributed by atoms with van der Waals surface area (Å²) >= 11 is 0. The van der Waals surface area contributed by atoms with Crippen LogP contribution >= 0.6 is 0 Å². The number of carbonyl (C=O) groups excluding carboxylic acids is 1. The Morgan fingerprint density at radius 3 is 2.65 bits per heavy atom. The Morgan fingerprint density at radius 2 is 2.06 bits per heavy atom. The number of hydrogen-bond donors (Lipinski definition) is 2. The molecule has 5 nitrogen and oxygen atoms in total. The highest BCUT2D eigenvalue weighted by atomic mass is 16.4. The lowest BCUT2D eigenvalue weighted by Crippen LogP contribution is -2.48. The summed E-state index contributed by atoms with van der Waals surface area (Å²) < 4.78 is 0. The Kier molecular flexibility index (Phi) is 4.37. The number of likely N-dealkylation sites (tertiary alicyclic amines) is 1. The van der Waals surface area contributed by atoms with Crippen molar-refractivity contribution in [2.45, 2.75) is 40.0 Å². The van der Waals surface area contributed by atoms with Gasteiger partial charge in [0.25, 0.3) is 0 Å². The van der Waals surface area contributed by atoms with E-state index in [1.807, 2.05) is 4.90 Å². The fourth-order valence-corrected chi connectivity index (χ4v) is 2.10. The van der Waals surface area contributed by atoms with Crippen LogP contribution in [0.3, 0.4) is 0 Å². The van der Waals surface area contributed by atoms with E-state index in [0.717, 1.165) is 32.4 Å². The Hall–Kier alpha value is -1.26. The Morgan fingerprint density at radius 1 is 1.41 bits per heavy atom. The van der Waals surface area contributed by atoms with Gasteiger partial charge in [0.2, 0.25) is 5.91 Å². The third kappa shape index (κ3) is 3.11. The van der Waals surface area contributed by atoms with E-state index in [-0.39, 0.29) is 11.7 Å². The molecule has 0 spiro atoms. The van der Waals surface area contributed by atoms with Crippen molar-refractivity contribution in [3.63, 3.8) is 0 Å². The van der Waals surface area contributed by atoms with Crippen LogP contribution in [-0.4, -0.2) is 34.9 Å². The van der Waals surface area contributed by atoms with E-state index in [4.69, 9.17) is 10.9 Å². The Bertz CT molecular complexity index is 313. The van der Waals surface area contributed by atoms with E-state index in [2.05, 4.69) is 12.1 Å². The van der Waals surface area contributed by atoms with E-state index in [0.29, 0.717) is 5.92 Å². The summed E-state index contributed by atoms with van der Waals surface area (Å²) in [5, 5.41) is 11.7. The fraction of sp³-hybridized carbons (Fsp3) is 0.833. The highest BCUT2D eigenvalue weighted by Gasteiger charge is 2.36. The van der Waals surface area contributed by atoms with Crippen molar-refractivity contribution < 1.29 is 10.0 Å². The number of amides is 1. The minimum absolute atomic E-state index is 0.0280. The van der Waals surface area contributed by atoms with Crippen molar-refractivity contribution >= 4 is 11.7 Å². The summed E-state index contributed by atoms with van der Waals surface area (Å²) in [6, 6.07) is 0. The molecule has 1 heterocycles. The molecule has 1 rings (SSSR count). The van der Waals surface area contributed by atoms with Crippen molar-refractivity contribution in [3.05, 3.63) is 0 Å². The molecule has 1 amide bonds. The summed E-state index contributed by atoms with van der Waals surface area (Å²) in [6.07, 6.45) is 3.21. The smallest absolute Gasteiger partial charge is 0.235 e. The van der Waals surface area contributed by atoms with E-state index in [1.54, 1.807) is 13.8 Å². The molecule has 1 aliphatic heterocycles. The van der Waals surface area contributed by atoms with Crippen molar-refractivity contribution in [2.75, 3.05) is 13.1 Å². The average molecular weight is 241 g/mol. The second kappa shape index (κ2) is 5.38. The lowest BCUT2D eigenvalue weighted by Gasteiger charge is -2.30. The standard InChI is InChI=1S/C12H23N3O2/c1-9-5-4-7-15(8-6-9)11(16)12(2,3)10(13)14-17/h9,17H,4-8H2,1-3H3,(H2,13,14). The van der Waals surface area contributed by atoms with Gasteiger partial charge in [-0.3, -0.25) is 4.79 Å². The minimum atomic E-state index is -0.928. The van der Waals surface area contributed by atoms with Gasteiger partial charge in [0.1, 0.15) is 5.41 Å². The van der Waals surface area contributed by atoms with E-state index in [1.165, 1.54) is 0 Å². The Labute approximate surface area is 103 Å². The third-order valence-electron chi connectivity index (χ3n) is 3.59. The minimum Gasteiger partial charge on any atom is -0.409 e. The van der Waals surface area contributed by atoms with E-state index < -0.39 is 5.41 Å². The van der Waals surface area contributed by atoms with Crippen LogP contribution in [0.1, 0.15) is 40.0 Å². The molecule has 17 heavy (non-hydrogen) atoms. The lowest BCUT2D eigenvalue weighted by atomic mass is 9.90. The fourth-order valence-electron chi connectivity index (χ4n) is 2.10. The first-order valence-electron chi connectivity index (χ1n) is 6.17. The SMILES string of the molecule is CC1CCCN(C(=O)C(C)(C)C(N)=NO)CC1. The van der Waals surface area contributed by atoms with Crippen molar-refractivity contribution in [3.8, 4) is 0 Å². The third-order valence-corrected chi connectivity index (χ3v) is 3.59. The first-order chi connectivity index (χ1) is 7.89. The molecule has 0 radical (unpaired) electrons. The van der Waals surface area contributed by atoms with Gasteiger partial charge in [-0.1, -0.05) is 12.1 Å². The zero-order valence-electron chi connectivity index (χ0n) is 10.9. The molecule has 0 aromatic rings. The summed E-state index contributed by atoms with van der Waals surface area (Å²) in [6.45, 7) is 7.13. The predicted octanol–water partition coefficient (Wildman–Crippen LogP) is 1.41. The maximum Gasteiger partial charge on any atom is 0.235 e. The number of amidine groups is 1. The topological polar surface area (TPSA) is 78.9 Å². The number of nitrogens with zero attached hydrogens (tertiary/aromatic N) is 2. The lowest BCUT2D eigenvalue weighted by molar-refractivity contribution is -0.137. The maximum atomic E-state index is 12.3. The number of hydrogen-bond acceptors (Lipinski definition) is 3. The zero-order valence-corrected chi connectivity index (χ0v) is 10.9. The first-order valence-corrected chi connectivity index (χ1v) is 6.17. The number of nitrogens with two attached hydrogens (primary N) is 1. The normalized spacial score (nSPS) is 23.4. The van der Waals surface area contributed by atoms with Gasteiger partial charge in [-0.25, -0.2) is 0 Å². The van der Waals surface area contributed by atoms with Gasteiger partial charge in [-0.05, 0) is 39.0 Å².